The number of carbonyl (C=O) groups is 4. The molecule has 7 nitrogen and oxygen atoms in total. The number of anilines is 1. The molecule has 0 radical (unpaired) electrons. The number of hydrogen-bond acceptors (Lipinski definition) is 5. The smallest absolute Gasteiger partial charge is 0.255 e. The van der Waals surface area contributed by atoms with Gasteiger partial charge >= 0.3 is 0 Å². The Labute approximate surface area is 191 Å². The second kappa shape index (κ2) is 9.16. The van der Waals surface area contributed by atoms with Crippen molar-refractivity contribution >= 4 is 41.1 Å². The fourth-order valence-corrected chi connectivity index (χ4v) is 4.96. The number of imide groups is 1. The van der Waals surface area contributed by atoms with E-state index in [0.29, 0.717) is 17.2 Å². The van der Waals surface area contributed by atoms with Gasteiger partial charge in [-0.2, -0.15) is 0 Å². The van der Waals surface area contributed by atoms with Gasteiger partial charge in [-0.25, -0.2) is 0 Å². The minimum Gasteiger partial charge on any atom is -0.324 e. The van der Waals surface area contributed by atoms with Crippen LogP contribution in [0, 0.1) is 13.8 Å². The van der Waals surface area contributed by atoms with Crippen molar-refractivity contribution in [2.45, 2.75) is 39.3 Å². The van der Waals surface area contributed by atoms with Crippen molar-refractivity contribution in [3.63, 3.8) is 0 Å². The van der Waals surface area contributed by atoms with Crippen LogP contribution >= 0.6 is 11.8 Å². The Morgan fingerprint density at radius 3 is 2.34 bits per heavy atom. The Balaban J connectivity index is 1.42. The Hall–Kier alpha value is -3.13. The van der Waals surface area contributed by atoms with Crippen molar-refractivity contribution in [1.82, 2.24) is 9.80 Å². The molecule has 2 heterocycles. The van der Waals surface area contributed by atoms with Crippen molar-refractivity contribution < 1.29 is 19.2 Å². The predicted octanol–water partition coefficient (Wildman–Crippen LogP) is 3.11. The Morgan fingerprint density at radius 2 is 1.69 bits per heavy atom. The zero-order chi connectivity index (χ0) is 22.8. The molecular weight excluding hydrogens is 426 g/mol. The van der Waals surface area contributed by atoms with E-state index < -0.39 is 6.04 Å². The lowest BCUT2D eigenvalue weighted by atomic mass is 10.1. The fourth-order valence-electron chi connectivity index (χ4n) is 3.81. The van der Waals surface area contributed by atoms with Gasteiger partial charge in [0.1, 0.15) is 6.04 Å². The zero-order valence-corrected chi connectivity index (χ0v) is 18.9. The summed E-state index contributed by atoms with van der Waals surface area (Å²) in [6, 6.07) is 12.1. The molecule has 0 aromatic heterocycles. The van der Waals surface area contributed by atoms with Crippen LogP contribution in [-0.2, 0) is 20.9 Å². The number of hydrogen-bond donors (Lipinski definition) is 1. The summed E-state index contributed by atoms with van der Waals surface area (Å²) < 4.78 is 0. The molecule has 2 aliphatic rings. The van der Waals surface area contributed by atoms with Gasteiger partial charge in [-0.05, 0) is 54.8 Å². The first-order chi connectivity index (χ1) is 15.3. The Morgan fingerprint density at radius 1 is 1.00 bits per heavy atom. The Bertz CT molecular complexity index is 1070. The maximum atomic E-state index is 13.1. The summed E-state index contributed by atoms with van der Waals surface area (Å²) in [7, 11) is 0. The number of rotatable bonds is 5. The maximum absolute atomic E-state index is 13.1. The van der Waals surface area contributed by atoms with E-state index in [0.717, 1.165) is 22.4 Å². The van der Waals surface area contributed by atoms with Crippen molar-refractivity contribution in [3.05, 3.63) is 64.7 Å². The highest BCUT2D eigenvalue weighted by molar-refractivity contribution is 7.99. The van der Waals surface area contributed by atoms with Gasteiger partial charge in [-0.3, -0.25) is 24.1 Å². The first-order valence-electron chi connectivity index (χ1n) is 10.5. The molecule has 166 valence electrons. The normalized spacial score (nSPS) is 18.4. The van der Waals surface area contributed by atoms with E-state index in [-0.39, 0.29) is 43.0 Å². The lowest BCUT2D eigenvalue weighted by molar-refractivity contribution is -0.139. The van der Waals surface area contributed by atoms with Crippen LogP contribution in [0.1, 0.15) is 39.9 Å². The van der Waals surface area contributed by atoms with Gasteiger partial charge < -0.3 is 10.2 Å². The topological polar surface area (TPSA) is 86.8 Å². The summed E-state index contributed by atoms with van der Waals surface area (Å²) in [6.45, 7) is 4.22. The van der Waals surface area contributed by atoms with Crippen molar-refractivity contribution in [1.29, 1.82) is 0 Å². The molecule has 0 bridgehead atoms. The molecule has 4 amide bonds. The highest BCUT2D eigenvalue weighted by atomic mass is 32.2. The van der Waals surface area contributed by atoms with Crippen LogP contribution in [0.15, 0.2) is 42.5 Å². The van der Waals surface area contributed by atoms with E-state index in [2.05, 4.69) is 5.32 Å². The van der Waals surface area contributed by atoms with Gasteiger partial charge in [0.05, 0.1) is 12.4 Å². The third-order valence-corrected chi connectivity index (χ3v) is 6.93. The summed E-state index contributed by atoms with van der Waals surface area (Å²) in [4.78, 5) is 52.4. The third kappa shape index (κ3) is 4.55. The molecule has 32 heavy (non-hydrogen) atoms. The highest BCUT2D eigenvalue weighted by Gasteiger charge is 2.35. The highest BCUT2D eigenvalue weighted by Crippen LogP contribution is 2.25. The van der Waals surface area contributed by atoms with Gasteiger partial charge in [-0.15, -0.1) is 11.8 Å². The first kappa shape index (κ1) is 22.1. The van der Waals surface area contributed by atoms with Crippen molar-refractivity contribution in [2.75, 3.05) is 16.9 Å². The molecule has 1 unspecified atom stereocenters. The molecule has 0 spiro atoms. The average Bonchev–Trinajstić information content (AvgIpc) is 3.39. The number of nitrogens with zero attached hydrogens (tertiary/aromatic N) is 2. The van der Waals surface area contributed by atoms with E-state index in [1.165, 1.54) is 4.90 Å². The SMILES string of the molecule is Cc1ccc(NC(=O)C2CSCN2C(=O)c2ccc(CN3C(=O)CCC3=O)cc2)cc1C. The van der Waals surface area contributed by atoms with E-state index in [1.807, 2.05) is 32.0 Å². The molecular formula is C24H25N3O4S. The second-order valence-electron chi connectivity index (χ2n) is 8.15. The summed E-state index contributed by atoms with van der Waals surface area (Å²) >= 11 is 1.55. The predicted molar refractivity (Wildman–Crippen MR) is 123 cm³/mol. The number of aryl methyl sites for hydroxylation is 2. The van der Waals surface area contributed by atoms with Gasteiger partial charge in [0.15, 0.2) is 0 Å². The summed E-state index contributed by atoms with van der Waals surface area (Å²) in [5, 5.41) is 2.93. The van der Waals surface area contributed by atoms with Gasteiger partial charge in [0, 0.05) is 29.8 Å². The maximum Gasteiger partial charge on any atom is 0.255 e. The van der Waals surface area contributed by atoms with Crippen molar-refractivity contribution in [2.24, 2.45) is 0 Å². The molecule has 2 aliphatic heterocycles. The summed E-state index contributed by atoms with van der Waals surface area (Å²) in [5.74, 6) is 0.246. The van der Waals surface area contributed by atoms with E-state index >= 15 is 0 Å². The summed E-state index contributed by atoms with van der Waals surface area (Å²) in [5.41, 5.74) is 4.22. The van der Waals surface area contributed by atoms with E-state index in [9.17, 15) is 19.2 Å². The van der Waals surface area contributed by atoms with E-state index in [1.54, 1.807) is 40.9 Å². The minimum atomic E-state index is -0.548. The second-order valence-corrected chi connectivity index (χ2v) is 9.15. The first-order valence-corrected chi connectivity index (χ1v) is 11.7. The number of likely N-dealkylation sites (tertiary alicyclic amines) is 1. The molecule has 1 atom stereocenters. The van der Waals surface area contributed by atoms with Crippen LogP contribution in [0.5, 0.6) is 0 Å². The quantitative estimate of drug-likeness (QED) is 0.706. The number of carbonyl (C=O) groups excluding carboxylic acids is 4. The number of benzene rings is 2. The molecule has 0 aliphatic carbocycles. The number of nitrogens with one attached hydrogen (secondary N) is 1. The van der Waals surface area contributed by atoms with Gasteiger partial charge in [0.25, 0.3) is 5.91 Å². The van der Waals surface area contributed by atoms with Crippen LogP contribution in [-0.4, -0.2) is 51.1 Å². The molecule has 2 aromatic carbocycles. The third-order valence-electron chi connectivity index (χ3n) is 5.92. The minimum absolute atomic E-state index is 0.165. The molecule has 2 saturated heterocycles. The van der Waals surface area contributed by atoms with Crippen LogP contribution < -0.4 is 5.32 Å². The van der Waals surface area contributed by atoms with Gasteiger partial charge in [0.2, 0.25) is 17.7 Å². The monoisotopic (exact) mass is 451 g/mol. The molecule has 8 heteroatoms. The standard InChI is InChI=1S/C24H25N3O4S/c1-15-3-8-19(11-16(15)2)25-23(30)20-13-32-14-27(20)24(31)18-6-4-17(5-7-18)12-26-21(28)9-10-22(26)29/h3-8,11,20H,9-10,12-14H2,1-2H3,(H,25,30). The lowest BCUT2D eigenvalue weighted by Crippen LogP contribution is -2.44. The van der Waals surface area contributed by atoms with Crippen molar-refractivity contribution in [3.8, 4) is 0 Å². The molecule has 2 aromatic rings. The zero-order valence-electron chi connectivity index (χ0n) is 18.1. The Kier molecular flexibility index (Phi) is 6.32. The molecule has 1 N–H and O–H groups in total. The van der Waals surface area contributed by atoms with Crippen LogP contribution in [0.25, 0.3) is 0 Å². The molecule has 2 fully saturated rings. The molecule has 0 saturated carbocycles. The largest absolute Gasteiger partial charge is 0.324 e. The van der Waals surface area contributed by atoms with Crippen LogP contribution in [0.4, 0.5) is 5.69 Å². The van der Waals surface area contributed by atoms with E-state index in [4.69, 9.17) is 0 Å². The summed E-state index contributed by atoms with van der Waals surface area (Å²) in [6.07, 6.45) is 0.515. The fraction of sp³-hybridized carbons (Fsp3) is 0.333. The number of thioether (sulfide) groups is 1. The lowest BCUT2D eigenvalue weighted by Gasteiger charge is -2.23. The van der Waals surface area contributed by atoms with Crippen LogP contribution in [0.2, 0.25) is 0 Å². The van der Waals surface area contributed by atoms with Crippen LogP contribution in [0.3, 0.4) is 0 Å². The average molecular weight is 452 g/mol. The number of amides is 4. The van der Waals surface area contributed by atoms with Gasteiger partial charge in [-0.1, -0.05) is 18.2 Å². The molecule has 4 rings (SSSR count).